The number of hydrogen-bond acceptors (Lipinski definition) is 3. The zero-order valence-electron chi connectivity index (χ0n) is 10.3. The van der Waals surface area contributed by atoms with Crippen LogP contribution in [0.2, 0.25) is 0 Å². The maximum atomic E-state index is 12.8. The van der Waals surface area contributed by atoms with Crippen molar-refractivity contribution in [1.82, 2.24) is 9.66 Å². The van der Waals surface area contributed by atoms with E-state index in [1.54, 1.807) is 41.8 Å². The molecule has 2 aromatic rings. The number of rotatable bonds is 2. The number of imidazole rings is 1. The van der Waals surface area contributed by atoms with Crippen LogP contribution in [-0.4, -0.2) is 15.9 Å². The molecule has 1 heterocycles. The summed E-state index contributed by atoms with van der Waals surface area (Å²) in [6.07, 6.45) is -1.49. The van der Waals surface area contributed by atoms with Crippen molar-refractivity contribution >= 4 is 34.8 Å². The molecule has 2 rings (SSSR count). The fraction of sp³-hybridized carbons (Fsp3) is 0.167. The maximum Gasteiger partial charge on any atom is 0.417 e. The van der Waals surface area contributed by atoms with E-state index in [1.807, 2.05) is 0 Å². The molecule has 1 aromatic carbocycles. The number of halogens is 4. The average molecular weight is 394 g/mol. The first-order chi connectivity index (χ1) is 9.27. The summed E-state index contributed by atoms with van der Waals surface area (Å²) in [7, 11) is 0. The molecule has 0 unspecified atom stereocenters. The number of nitrogen functional groups attached to an aromatic ring is 1. The smallest absolute Gasteiger partial charge is 0.368 e. The van der Waals surface area contributed by atoms with Crippen molar-refractivity contribution in [3.05, 3.63) is 44.8 Å². The Hall–Kier alpha value is -1.58. The van der Waals surface area contributed by atoms with Gasteiger partial charge in [-0.2, -0.15) is 18.3 Å². The fourth-order valence-corrected chi connectivity index (χ4v) is 2.21. The SMILES string of the molecule is Cc1cn(N=Cc2ccc(I)c(C(F)(F)F)c2)c(N)n1. The number of hydrogen-bond donors (Lipinski definition) is 1. The molecule has 2 N–H and O–H groups in total. The van der Waals surface area contributed by atoms with Gasteiger partial charge in [0, 0.05) is 3.57 Å². The van der Waals surface area contributed by atoms with Crippen molar-refractivity contribution in [2.45, 2.75) is 13.1 Å². The Kier molecular flexibility index (Phi) is 4.02. The summed E-state index contributed by atoms with van der Waals surface area (Å²) in [5.41, 5.74) is 5.92. The monoisotopic (exact) mass is 394 g/mol. The van der Waals surface area contributed by atoms with Gasteiger partial charge in [-0.1, -0.05) is 6.07 Å². The minimum atomic E-state index is -4.38. The number of anilines is 1. The Bertz CT molecular complexity index is 661. The van der Waals surface area contributed by atoms with Crippen LogP contribution in [0, 0.1) is 10.5 Å². The van der Waals surface area contributed by atoms with Crippen LogP contribution in [0.5, 0.6) is 0 Å². The Morgan fingerprint density at radius 1 is 1.40 bits per heavy atom. The minimum Gasteiger partial charge on any atom is -0.368 e. The molecular weight excluding hydrogens is 384 g/mol. The van der Waals surface area contributed by atoms with Crippen molar-refractivity contribution in [3.63, 3.8) is 0 Å². The largest absolute Gasteiger partial charge is 0.417 e. The molecule has 106 valence electrons. The summed E-state index contributed by atoms with van der Waals surface area (Å²) < 4.78 is 39.8. The van der Waals surface area contributed by atoms with Gasteiger partial charge in [0.15, 0.2) is 0 Å². The van der Waals surface area contributed by atoms with Crippen LogP contribution in [0.25, 0.3) is 0 Å². The van der Waals surface area contributed by atoms with E-state index in [4.69, 9.17) is 5.73 Å². The molecule has 0 radical (unpaired) electrons. The first-order valence-corrected chi connectivity index (χ1v) is 6.58. The molecule has 0 saturated heterocycles. The second-order valence-electron chi connectivity index (χ2n) is 4.07. The molecular formula is C12H10F3IN4. The number of nitrogens with zero attached hydrogens (tertiary/aromatic N) is 3. The Balaban J connectivity index is 2.33. The number of alkyl halides is 3. The van der Waals surface area contributed by atoms with Crippen LogP contribution >= 0.6 is 22.6 Å². The quantitative estimate of drug-likeness (QED) is 0.628. The van der Waals surface area contributed by atoms with Crippen LogP contribution in [0.1, 0.15) is 16.8 Å². The van der Waals surface area contributed by atoms with Gasteiger partial charge >= 0.3 is 6.18 Å². The lowest BCUT2D eigenvalue weighted by molar-refractivity contribution is -0.138. The molecule has 1 aromatic heterocycles. The van der Waals surface area contributed by atoms with E-state index in [2.05, 4.69) is 10.1 Å². The third kappa shape index (κ3) is 3.30. The van der Waals surface area contributed by atoms with Gasteiger partial charge in [-0.05, 0) is 47.2 Å². The van der Waals surface area contributed by atoms with E-state index in [0.29, 0.717) is 11.3 Å². The zero-order chi connectivity index (χ0) is 14.9. The van der Waals surface area contributed by atoms with Crippen molar-refractivity contribution < 1.29 is 13.2 Å². The summed E-state index contributed by atoms with van der Waals surface area (Å²) in [5.74, 6) is 0.181. The van der Waals surface area contributed by atoms with Crippen molar-refractivity contribution in [3.8, 4) is 0 Å². The van der Waals surface area contributed by atoms with E-state index < -0.39 is 11.7 Å². The molecule has 0 amide bonds. The highest BCUT2D eigenvalue weighted by Crippen LogP contribution is 2.33. The van der Waals surface area contributed by atoms with Gasteiger partial charge in [-0.3, -0.25) is 0 Å². The highest BCUT2D eigenvalue weighted by molar-refractivity contribution is 14.1. The molecule has 8 heteroatoms. The highest BCUT2D eigenvalue weighted by atomic mass is 127. The fourth-order valence-electron chi connectivity index (χ4n) is 1.57. The van der Waals surface area contributed by atoms with Gasteiger partial charge in [0.2, 0.25) is 5.95 Å². The average Bonchev–Trinajstić information content (AvgIpc) is 2.65. The van der Waals surface area contributed by atoms with Crippen molar-refractivity contribution in [1.29, 1.82) is 0 Å². The molecule has 0 fully saturated rings. The Labute approximate surface area is 126 Å². The summed E-state index contributed by atoms with van der Waals surface area (Å²) in [6.45, 7) is 1.75. The number of aromatic nitrogens is 2. The van der Waals surface area contributed by atoms with Crippen LogP contribution in [0.4, 0.5) is 19.1 Å². The minimum absolute atomic E-state index is 0.144. The predicted molar refractivity (Wildman–Crippen MR) is 78.5 cm³/mol. The molecule has 0 aliphatic heterocycles. The van der Waals surface area contributed by atoms with Crippen LogP contribution < -0.4 is 5.73 Å². The van der Waals surface area contributed by atoms with Crippen molar-refractivity contribution in [2.75, 3.05) is 5.73 Å². The van der Waals surface area contributed by atoms with Gasteiger partial charge < -0.3 is 5.73 Å². The molecule has 0 aliphatic carbocycles. The Morgan fingerprint density at radius 2 is 2.10 bits per heavy atom. The van der Waals surface area contributed by atoms with Gasteiger partial charge in [0.25, 0.3) is 0 Å². The second-order valence-corrected chi connectivity index (χ2v) is 5.23. The van der Waals surface area contributed by atoms with Crippen LogP contribution in [0.15, 0.2) is 29.5 Å². The number of benzene rings is 1. The van der Waals surface area contributed by atoms with E-state index >= 15 is 0 Å². The molecule has 0 bridgehead atoms. The normalized spacial score (nSPS) is 12.2. The van der Waals surface area contributed by atoms with Gasteiger partial charge in [-0.25, -0.2) is 9.66 Å². The van der Waals surface area contributed by atoms with Gasteiger partial charge in [0.05, 0.1) is 23.7 Å². The molecule has 0 atom stereocenters. The molecule has 20 heavy (non-hydrogen) atoms. The standard InChI is InChI=1S/C12H10F3IN4/c1-7-6-20(11(17)19-7)18-5-8-2-3-10(16)9(4-8)12(13,14)15/h2-6H,1H3,(H2,17,19). The van der Waals surface area contributed by atoms with E-state index in [-0.39, 0.29) is 9.52 Å². The third-order valence-electron chi connectivity index (χ3n) is 2.46. The molecule has 0 aliphatic rings. The summed E-state index contributed by atoms with van der Waals surface area (Å²) in [6, 6.07) is 4.00. The highest BCUT2D eigenvalue weighted by Gasteiger charge is 2.32. The lowest BCUT2D eigenvalue weighted by atomic mass is 10.1. The summed E-state index contributed by atoms with van der Waals surface area (Å²) in [4.78, 5) is 3.94. The lowest BCUT2D eigenvalue weighted by Crippen LogP contribution is -2.08. The number of nitrogens with two attached hydrogens (primary N) is 1. The zero-order valence-corrected chi connectivity index (χ0v) is 12.5. The molecule has 0 saturated carbocycles. The first-order valence-electron chi connectivity index (χ1n) is 5.50. The topological polar surface area (TPSA) is 56.2 Å². The van der Waals surface area contributed by atoms with Crippen LogP contribution in [0.3, 0.4) is 0 Å². The molecule has 4 nitrogen and oxygen atoms in total. The van der Waals surface area contributed by atoms with E-state index in [9.17, 15) is 13.2 Å². The van der Waals surface area contributed by atoms with Crippen LogP contribution in [-0.2, 0) is 6.18 Å². The number of aryl methyl sites for hydroxylation is 1. The second kappa shape index (κ2) is 5.43. The van der Waals surface area contributed by atoms with Gasteiger partial charge in [-0.15, -0.1) is 0 Å². The first kappa shape index (κ1) is 14.8. The summed E-state index contributed by atoms with van der Waals surface area (Å²) >= 11 is 1.65. The van der Waals surface area contributed by atoms with E-state index in [0.717, 1.165) is 6.07 Å². The van der Waals surface area contributed by atoms with Crippen molar-refractivity contribution in [2.24, 2.45) is 5.10 Å². The Morgan fingerprint density at radius 3 is 2.65 bits per heavy atom. The molecule has 0 spiro atoms. The maximum absolute atomic E-state index is 12.8. The van der Waals surface area contributed by atoms with E-state index in [1.165, 1.54) is 17.0 Å². The predicted octanol–water partition coefficient (Wildman–Crippen LogP) is 3.28. The lowest BCUT2D eigenvalue weighted by Gasteiger charge is -2.09. The summed E-state index contributed by atoms with van der Waals surface area (Å²) in [5, 5.41) is 3.98. The third-order valence-corrected chi connectivity index (χ3v) is 3.40. The van der Waals surface area contributed by atoms with Gasteiger partial charge in [0.1, 0.15) is 0 Å².